The van der Waals surface area contributed by atoms with Crippen molar-refractivity contribution in [3.63, 3.8) is 0 Å². The van der Waals surface area contributed by atoms with Gasteiger partial charge in [-0.15, -0.1) is 0 Å². The molecule has 0 fully saturated rings. The third kappa shape index (κ3) is 4.74. The van der Waals surface area contributed by atoms with Crippen LogP contribution in [0.3, 0.4) is 0 Å². The summed E-state index contributed by atoms with van der Waals surface area (Å²) in [5.41, 5.74) is 3.35. The van der Waals surface area contributed by atoms with Crippen molar-refractivity contribution in [1.82, 2.24) is 5.16 Å². The van der Waals surface area contributed by atoms with Crippen LogP contribution in [0.4, 0.5) is 0 Å². The van der Waals surface area contributed by atoms with Crippen LogP contribution in [0.1, 0.15) is 48.1 Å². The molecule has 29 heavy (non-hydrogen) atoms. The van der Waals surface area contributed by atoms with Crippen molar-refractivity contribution in [2.45, 2.75) is 32.4 Å². The van der Waals surface area contributed by atoms with Gasteiger partial charge in [0, 0.05) is 20.9 Å². The molecule has 0 aliphatic rings. The van der Waals surface area contributed by atoms with Crippen LogP contribution in [0, 0.1) is 6.92 Å². The summed E-state index contributed by atoms with van der Waals surface area (Å²) < 4.78 is 10.0. The van der Waals surface area contributed by atoms with Gasteiger partial charge in [0.05, 0.1) is 17.5 Å². The third-order valence-electron chi connectivity index (χ3n) is 4.44. The average Bonchev–Trinajstić information content (AvgIpc) is 3.05. The van der Waals surface area contributed by atoms with Gasteiger partial charge in [-0.05, 0) is 57.5 Å². The number of aromatic nitrogens is 1. The lowest BCUT2D eigenvalue weighted by Crippen LogP contribution is -2.08. The minimum Gasteiger partial charge on any atom is -0.354 e. The fourth-order valence-electron chi connectivity index (χ4n) is 2.73. The first-order valence-corrected chi connectivity index (χ1v) is 10.9. The fourth-order valence-corrected chi connectivity index (χ4v) is 3.39. The van der Waals surface area contributed by atoms with E-state index < -0.39 is 10.7 Å². The maximum Gasteiger partial charge on any atom is 0.193 e. The Morgan fingerprint density at radius 1 is 1.17 bits per heavy atom. The van der Waals surface area contributed by atoms with Gasteiger partial charge >= 0.3 is 0 Å². The van der Waals surface area contributed by atoms with Gasteiger partial charge in [0.25, 0.3) is 0 Å². The molecule has 4 nitrogen and oxygen atoms in total. The summed E-state index contributed by atoms with van der Waals surface area (Å²) in [5.74, 6) is 4.56. The molecule has 150 valence electrons. The Labute approximate surface area is 178 Å². The highest BCUT2D eigenvalue weighted by atomic mass is 35.5. The van der Waals surface area contributed by atoms with Crippen LogP contribution >= 0.6 is 22.3 Å². The van der Waals surface area contributed by atoms with Crippen molar-refractivity contribution in [3.8, 4) is 11.1 Å². The van der Waals surface area contributed by atoms with Gasteiger partial charge in [0.15, 0.2) is 11.5 Å². The molecule has 1 heterocycles. The van der Waals surface area contributed by atoms with E-state index in [0.29, 0.717) is 27.6 Å². The van der Waals surface area contributed by atoms with E-state index in [1.54, 1.807) is 36.5 Å². The Hall–Kier alpha value is -2.50. The molecular formula is C23H23ClN2O2S. The number of hydrogen-bond donors (Lipinski definition) is 0. The number of halogens is 1. The van der Waals surface area contributed by atoms with Crippen LogP contribution in [0.25, 0.3) is 11.1 Å². The maximum absolute atomic E-state index is 13.2. The third-order valence-corrected chi connectivity index (χ3v) is 6.47. The highest BCUT2D eigenvalue weighted by Crippen LogP contribution is 2.33. The van der Waals surface area contributed by atoms with Crippen molar-refractivity contribution in [3.05, 3.63) is 76.1 Å². The normalized spacial score (nSPS) is 13.0. The topological polar surface area (TPSA) is 55.5 Å². The molecule has 0 spiro atoms. The van der Waals surface area contributed by atoms with Crippen LogP contribution < -0.4 is 0 Å². The molecule has 3 rings (SSSR count). The van der Waals surface area contributed by atoms with Gasteiger partial charge < -0.3 is 4.52 Å². The zero-order valence-electron chi connectivity index (χ0n) is 16.9. The summed E-state index contributed by atoms with van der Waals surface area (Å²) in [5, 5.41) is 4.69. The molecule has 2 aromatic carbocycles. The predicted molar refractivity (Wildman–Crippen MR) is 124 cm³/mol. The first kappa shape index (κ1) is 21.2. The number of rotatable bonds is 5. The van der Waals surface area contributed by atoms with Crippen LogP contribution in [-0.4, -0.2) is 27.8 Å². The largest absolute Gasteiger partial charge is 0.354 e. The molecule has 1 atom stereocenters. The van der Waals surface area contributed by atoms with Gasteiger partial charge in [-0.25, -0.2) is 4.40 Å². The second kappa shape index (κ2) is 8.47. The van der Waals surface area contributed by atoms with Gasteiger partial charge in [-0.2, -0.15) is 0 Å². The number of nitrogens with zero attached hydrogens (tertiary/aromatic N) is 2. The molecule has 3 aromatic rings. The molecule has 0 N–H and O–H groups in total. The molecule has 0 saturated heterocycles. The van der Waals surface area contributed by atoms with E-state index in [9.17, 15) is 4.79 Å². The lowest BCUT2D eigenvalue weighted by molar-refractivity contribution is 0.103. The number of benzene rings is 2. The second-order valence-electron chi connectivity index (χ2n) is 7.60. The lowest BCUT2D eigenvalue weighted by Gasteiger charge is -2.18. The van der Waals surface area contributed by atoms with Crippen molar-refractivity contribution >= 4 is 40.1 Å². The monoisotopic (exact) mass is 426 g/mol. The van der Waals surface area contributed by atoms with E-state index >= 15 is 0 Å². The molecule has 0 aliphatic carbocycles. The Morgan fingerprint density at radius 3 is 2.48 bits per heavy atom. The highest BCUT2D eigenvalue weighted by Gasteiger charge is 2.21. The number of carbonyl (C=O) groups is 1. The van der Waals surface area contributed by atoms with E-state index in [2.05, 4.69) is 36.2 Å². The summed E-state index contributed by atoms with van der Waals surface area (Å²) in [6.07, 6.45) is 1.67. The number of aryl methyl sites for hydroxylation is 1. The summed E-state index contributed by atoms with van der Waals surface area (Å²) in [6.45, 7) is 8.13. The summed E-state index contributed by atoms with van der Waals surface area (Å²) >= 11 is 5.96. The average molecular weight is 427 g/mol. The van der Waals surface area contributed by atoms with E-state index in [0.717, 1.165) is 11.1 Å². The van der Waals surface area contributed by atoms with E-state index in [-0.39, 0.29) is 10.5 Å². The van der Waals surface area contributed by atoms with Crippen molar-refractivity contribution < 1.29 is 9.32 Å². The van der Waals surface area contributed by atoms with Crippen LogP contribution in [0.2, 0.25) is 5.02 Å². The Morgan fingerprint density at radius 2 is 1.83 bits per heavy atom. The van der Waals surface area contributed by atoms with Gasteiger partial charge in [0.1, 0.15) is 0 Å². The molecule has 1 aromatic heterocycles. The van der Waals surface area contributed by atoms with Crippen LogP contribution in [-0.2, 0) is 0 Å². The van der Waals surface area contributed by atoms with Gasteiger partial charge in [0.2, 0.25) is 0 Å². The zero-order chi connectivity index (χ0) is 21.2. The Kier molecular flexibility index (Phi) is 6.20. The highest BCUT2D eigenvalue weighted by molar-refractivity contribution is 8.14. The second-order valence-corrected chi connectivity index (χ2v) is 10.2. The minimum absolute atomic E-state index is 0.0474. The molecular weight excluding hydrogens is 404 g/mol. The van der Waals surface area contributed by atoms with Gasteiger partial charge in [-0.3, -0.25) is 4.79 Å². The standard InChI is InChI=1S/C23H23ClN2O2S/c1-15-21(20(28-26-15)14-25-29(5)23(2,3)4)18-8-6-7-9-19(18)22(27)16-10-12-17(24)13-11-16/h6-14H,5H2,1-4H3/b25-14+. The molecule has 6 heteroatoms. The smallest absolute Gasteiger partial charge is 0.193 e. The van der Waals surface area contributed by atoms with Crippen molar-refractivity contribution in [1.29, 1.82) is 0 Å². The molecule has 0 saturated carbocycles. The van der Waals surface area contributed by atoms with E-state index in [1.807, 2.05) is 25.1 Å². The summed E-state index contributed by atoms with van der Waals surface area (Å²) in [4.78, 5) is 13.2. The summed E-state index contributed by atoms with van der Waals surface area (Å²) in [7, 11) is -0.437. The van der Waals surface area contributed by atoms with E-state index in [1.165, 1.54) is 0 Å². The molecule has 1 unspecified atom stereocenters. The predicted octanol–water partition coefficient (Wildman–Crippen LogP) is 6.37. The van der Waals surface area contributed by atoms with Crippen molar-refractivity contribution in [2.75, 3.05) is 0 Å². The first-order chi connectivity index (χ1) is 13.7. The number of hydrogen-bond acceptors (Lipinski definition) is 4. The Bertz CT molecular complexity index is 1090. The molecule has 0 radical (unpaired) electrons. The maximum atomic E-state index is 13.2. The molecule has 0 bridgehead atoms. The van der Waals surface area contributed by atoms with Gasteiger partial charge in [-0.1, -0.05) is 57.6 Å². The number of ketones is 1. The SMILES string of the molecule is C=S(/N=C/c1onc(C)c1-c1ccccc1C(=O)c1ccc(Cl)cc1)C(C)(C)C. The Balaban J connectivity index is 2.06. The van der Waals surface area contributed by atoms with Crippen LogP contribution in [0.5, 0.6) is 0 Å². The van der Waals surface area contributed by atoms with Crippen LogP contribution in [0.15, 0.2) is 57.5 Å². The number of carbonyl (C=O) groups excluding carboxylic acids is 1. The zero-order valence-corrected chi connectivity index (χ0v) is 18.5. The summed E-state index contributed by atoms with van der Waals surface area (Å²) in [6, 6.07) is 14.3. The van der Waals surface area contributed by atoms with E-state index in [4.69, 9.17) is 16.1 Å². The molecule has 0 aliphatic heterocycles. The minimum atomic E-state index is -0.437. The first-order valence-electron chi connectivity index (χ1n) is 9.12. The quantitative estimate of drug-likeness (QED) is 0.270. The lowest BCUT2D eigenvalue weighted by atomic mass is 9.93. The van der Waals surface area contributed by atoms with Crippen molar-refractivity contribution in [2.24, 2.45) is 4.40 Å². The molecule has 0 amide bonds. The fraction of sp³-hybridized carbons (Fsp3) is 0.217.